The lowest BCUT2D eigenvalue weighted by atomic mass is 10.0. The minimum Gasteiger partial charge on any atom is -0.507 e. The molecule has 2 N–H and O–H groups in total. The third-order valence-electron chi connectivity index (χ3n) is 3.10. The Kier molecular flexibility index (Phi) is 4.82. The van der Waals surface area contributed by atoms with Crippen LogP contribution in [0.25, 0.3) is 0 Å². The fourth-order valence-electron chi connectivity index (χ4n) is 1.94. The van der Waals surface area contributed by atoms with E-state index in [-0.39, 0.29) is 11.7 Å². The maximum atomic E-state index is 11.9. The van der Waals surface area contributed by atoms with E-state index in [9.17, 15) is 9.90 Å². The number of aromatic hydroxyl groups is 1. The zero-order valence-corrected chi connectivity index (χ0v) is 12.1. The molecule has 98 valence electrons. The smallest absolute Gasteiger partial charge is 0.251 e. The quantitative estimate of drug-likeness (QED) is 0.812. The van der Waals surface area contributed by atoms with Crippen LogP contribution in [0.5, 0.6) is 5.75 Å². The number of hydrogen-bond donors (Lipinski definition) is 2. The van der Waals surface area contributed by atoms with Gasteiger partial charge in [0.2, 0.25) is 0 Å². The molecule has 1 aromatic rings. The Labute approximate surface area is 120 Å². The molecule has 1 aliphatic rings. The molecule has 1 aromatic carbocycles. The third kappa shape index (κ3) is 3.58. The topological polar surface area (TPSA) is 58.6 Å². The molecule has 1 aliphatic heterocycles. The van der Waals surface area contributed by atoms with E-state index in [0.717, 1.165) is 29.6 Å². The molecule has 1 saturated heterocycles. The molecule has 1 heterocycles. The van der Waals surface area contributed by atoms with E-state index in [0.29, 0.717) is 18.0 Å². The van der Waals surface area contributed by atoms with Gasteiger partial charge in [-0.05, 0) is 59.5 Å². The normalized spacial score (nSPS) is 16.5. The summed E-state index contributed by atoms with van der Waals surface area (Å²) in [5, 5.41) is 12.5. The van der Waals surface area contributed by atoms with Crippen molar-refractivity contribution in [3.63, 3.8) is 0 Å². The summed E-state index contributed by atoms with van der Waals surface area (Å²) in [5.74, 6) is 0.516. The van der Waals surface area contributed by atoms with Crippen LogP contribution in [0.2, 0.25) is 0 Å². The van der Waals surface area contributed by atoms with E-state index in [4.69, 9.17) is 4.74 Å². The van der Waals surface area contributed by atoms with Gasteiger partial charge in [-0.2, -0.15) is 0 Å². The van der Waals surface area contributed by atoms with E-state index in [1.165, 1.54) is 6.07 Å². The van der Waals surface area contributed by atoms with Gasteiger partial charge in [-0.15, -0.1) is 0 Å². The summed E-state index contributed by atoms with van der Waals surface area (Å²) in [5.41, 5.74) is 0.500. The lowest BCUT2D eigenvalue weighted by molar-refractivity contribution is 0.0642. The monoisotopic (exact) mass is 361 g/mol. The molecule has 0 spiro atoms. The number of amides is 1. The molecule has 0 bridgehead atoms. The molecular formula is C13H16INO3. The van der Waals surface area contributed by atoms with Crippen LogP contribution in [0.15, 0.2) is 18.2 Å². The molecule has 1 fully saturated rings. The number of carbonyl (C=O) groups excluding carboxylic acids is 1. The van der Waals surface area contributed by atoms with Crippen molar-refractivity contribution in [2.75, 3.05) is 19.8 Å². The molecule has 0 saturated carbocycles. The Morgan fingerprint density at radius 2 is 2.17 bits per heavy atom. The zero-order chi connectivity index (χ0) is 13.0. The van der Waals surface area contributed by atoms with Crippen LogP contribution in [-0.2, 0) is 4.74 Å². The number of hydrogen-bond acceptors (Lipinski definition) is 3. The first-order valence-electron chi connectivity index (χ1n) is 6.01. The summed E-state index contributed by atoms with van der Waals surface area (Å²) in [7, 11) is 0. The average molecular weight is 361 g/mol. The van der Waals surface area contributed by atoms with Crippen LogP contribution in [0.3, 0.4) is 0 Å². The Morgan fingerprint density at radius 3 is 2.83 bits per heavy atom. The van der Waals surface area contributed by atoms with Gasteiger partial charge in [0.05, 0.1) is 3.57 Å². The average Bonchev–Trinajstić information content (AvgIpc) is 2.40. The molecule has 18 heavy (non-hydrogen) atoms. The summed E-state index contributed by atoms with van der Waals surface area (Å²) in [4.78, 5) is 11.9. The van der Waals surface area contributed by atoms with E-state index in [1.807, 2.05) is 22.6 Å². The molecule has 4 nitrogen and oxygen atoms in total. The summed E-state index contributed by atoms with van der Waals surface area (Å²) in [6, 6.07) is 4.96. The number of phenolic OH excluding ortho intramolecular Hbond substituents is 1. The van der Waals surface area contributed by atoms with Gasteiger partial charge in [-0.3, -0.25) is 4.79 Å². The predicted molar refractivity (Wildman–Crippen MR) is 76.7 cm³/mol. The number of nitrogens with one attached hydrogen (secondary N) is 1. The minimum atomic E-state index is -0.131. The van der Waals surface area contributed by atoms with Crippen LogP contribution < -0.4 is 5.32 Å². The SMILES string of the molecule is O=C(NCC1CCOCC1)c1ccc(I)c(O)c1. The summed E-state index contributed by atoms with van der Waals surface area (Å²) in [6.45, 7) is 2.24. The first-order chi connectivity index (χ1) is 8.66. The van der Waals surface area contributed by atoms with Crippen molar-refractivity contribution < 1.29 is 14.6 Å². The van der Waals surface area contributed by atoms with Crippen LogP contribution in [0.1, 0.15) is 23.2 Å². The molecular weight excluding hydrogens is 345 g/mol. The van der Waals surface area contributed by atoms with Gasteiger partial charge < -0.3 is 15.2 Å². The fourth-order valence-corrected chi connectivity index (χ4v) is 2.28. The highest BCUT2D eigenvalue weighted by Crippen LogP contribution is 2.20. The predicted octanol–water partition coefficient (Wildman–Crippen LogP) is 2.15. The molecule has 0 radical (unpaired) electrons. The largest absolute Gasteiger partial charge is 0.507 e. The van der Waals surface area contributed by atoms with E-state index in [2.05, 4.69) is 5.32 Å². The minimum absolute atomic E-state index is 0.131. The number of ether oxygens (including phenoxy) is 1. The van der Waals surface area contributed by atoms with Crippen molar-refractivity contribution in [3.8, 4) is 5.75 Å². The van der Waals surface area contributed by atoms with Crippen LogP contribution >= 0.6 is 22.6 Å². The van der Waals surface area contributed by atoms with Crippen molar-refractivity contribution in [1.82, 2.24) is 5.32 Å². The number of rotatable bonds is 3. The molecule has 2 rings (SSSR count). The van der Waals surface area contributed by atoms with Crippen molar-refractivity contribution in [1.29, 1.82) is 0 Å². The first kappa shape index (κ1) is 13.6. The Balaban J connectivity index is 1.88. The fraction of sp³-hybridized carbons (Fsp3) is 0.462. The maximum absolute atomic E-state index is 11.9. The molecule has 1 amide bonds. The number of phenols is 1. The van der Waals surface area contributed by atoms with Crippen molar-refractivity contribution in [3.05, 3.63) is 27.3 Å². The van der Waals surface area contributed by atoms with Crippen LogP contribution in [0, 0.1) is 9.49 Å². The van der Waals surface area contributed by atoms with E-state index in [1.54, 1.807) is 12.1 Å². The van der Waals surface area contributed by atoms with Crippen molar-refractivity contribution >= 4 is 28.5 Å². The highest BCUT2D eigenvalue weighted by atomic mass is 127. The van der Waals surface area contributed by atoms with Crippen LogP contribution in [0.4, 0.5) is 0 Å². The number of benzene rings is 1. The van der Waals surface area contributed by atoms with Gasteiger partial charge in [-0.25, -0.2) is 0 Å². The standard InChI is InChI=1S/C13H16INO3/c14-11-2-1-10(7-12(11)16)13(17)15-8-9-3-5-18-6-4-9/h1-2,7,9,16H,3-6,8H2,(H,15,17). The van der Waals surface area contributed by atoms with Gasteiger partial charge >= 0.3 is 0 Å². The number of halogens is 1. The lowest BCUT2D eigenvalue weighted by Crippen LogP contribution is -2.32. The molecule has 0 aromatic heterocycles. The van der Waals surface area contributed by atoms with E-state index >= 15 is 0 Å². The summed E-state index contributed by atoms with van der Waals surface area (Å²) >= 11 is 2.03. The molecule has 0 atom stereocenters. The zero-order valence-electron chi connectivity index (χ0n) is 9.99. The first-order valence-corrected chi connectivity index (χ1v) is 7.09. The second kappa shape index (κ2) is 6.38. The third-order valence-corrected chi connectivity index (χ3v) is 4.01. The molecule has 0 aliphatic carbocycles. The Bertz CT molecular complexity index is 430. The summed E-state index contributed by atoms with van der Waals surface area (Å²) < 4.78 is 6.02. The van der Waals surface area contributed by atoms with Crippen molar-refractivity contribution in [2.24, 2.45) is 5.92 Å². The maximum Gasteiger partial charge on any atom is 0.251 e. The van der Waals surface area contributed by atoms with E-state index < -0.39 is 0 Å². The van der Waals surface area contributed by atoms with Gasteiger partial charge in [-0.1, -0.05) is 0 Å². The van der Waals surface area contributed by atoms with Gasteiger partial charge in [0, 0.05) is 25.3 Å². The molecule has 5 heteroatoms. The molecule has 0 unspecified atom stereocenters. The Morgan fingerprint density at radius 1 is 1.44 bits per heavy atom. The summed E-state index contributed by atoms with van der Waals surface area (Å²) in [6.07, 6.45) is 2.00. The highest BCUT2D eigenvalue weighted by Gasteiger charge is 2.15. The van der Waals surface area contributed by atoms with Crippen LogP contribution in [-0.4, -0.2) is 30.8 Å². The van der Waals surface area contributed by atoms with Gasteiger partial charge in [0.15, 0.2) is 0 Å². The van der Waals surface area contributed by atoms with Crippen molar-refractivity contribution in [2.45, 2.75) is 12.8 Å². The second-order valence-electron chi connectivity index (χ2n) is 4.43. The Hall–Kier alpha value is -0.820. The van der Waals surface area contributed by atoms with Gasteiger partial charge in [0.25, 0.3) is 5.91 Å². The second-order valence-corrected chi connectivity index (χ2v) is 5.59. The van der Waals surface area contributed by atoms with Gasteiger partial charge in [0.1, 0.15) is 5.75 Å². The highest BCUT2D eigenvalue weighted by molar-refractivity contribution is 14.1. The lowest BCUT2D eigenvalue weighted by Gasteiger charge is -2.22. The number of carbonyl (C=O) groups is 1.